The lowest BCUT2D eigenvalue weighted by molar-refractivity contribution is -0.000427. The van der Waals surface area contributed by atoms with Crippen molar-refractivity contribution in [2.24, 2.45) is 0 Å². The highest BCUT2D eigenvalue weighted by atomic mass is 16.5. The molecule has 1 heterocycles. The van der Waals surface area contributed by atoms with Gasteiger partial charge in [0.25, 0.3) is 0 Å². The molecule has 0 N–H and O–H groups in total. The van der Waals surface area contributed by atoms with E-state index in [1.165, 1.54) is 11.1 Å². The Morgan fingerprint density at radius 2 is 1.45 bits per heavy atom. The smallest absolute Gasteiger partial charge is 0.144 e. The van der Waals surface area contributed by atoms with Crippen LogP contribution in [0.5, 0.6) is 17.2 Å². The van der Waals surface area contributed by atoms with Gasteiger partial charge in [0.1, 0.15) is 29.5 Å². The maximum absolute atomic E-state index is 7.06. The highest BCUT2D eigenvalue weighted by molar-refractivity contribution is 5.75. The Morgan fingerprint density at radius 3 is 2.02 bits per heavy atom. The van der Waals surface area contributed by atoms with Crippen molar-refractivity contribution in [3.05, 3.63) is 150 Å². The first-order valence-electron chi connectivity index (χ1n) is 14.4. The predicted octanol–water partition coefficient (Wildman–Crippen LogP) is 9.44. The maximum Gasteiger partial charge on any atom is 0.144 e. The van der Waals surface area contributed by atoms with Crippen LogP contribution in [0.15, 0.2) is 127 Å². The van der Waals surface area contributed by atoms with Gasteiger partial charge in [-0.25, -0.2) is 0 Å². The van der Waals surface area contributed by atoms with Crippen LogP contribution in [0, 0.1) is 0 Å². The fourth-order valence-electron chi connectivity index (χ4n) is 5.25. The van der Waals surface area contributed by atoms with Crippen molar-refractivity contribution in [1.82, 2.24) is 0 Å². The molecule has 0 atom stereocenters. The minimum Gasteiger partial charge on any atom is -0.497 e. The number of methoxy groups -OCH3 is 2. The van der Waals surface area contributed by atoms with Crippen LogP contribution in [-0.4, -0.2) is 14.2 Å². The number of benzene rings is 4. The SMILES string of the molecule is C=C/C=C(\C=C/C)C(OCc1ccc2c(c1)OCc1ccccc1-2)(c1ccc(OC)cc1)c1ccc(OC)cc1.CC. The first-order chi connectivity index (χ1) is 20.6. The van der Waals surface area contributed by atoms with Crippen molar-refractivity contribution >= 4 is 0 Å². The maximum atomic E-state index is 7.06. The van der Waals surface area contributed by atoms with Gasteiger partial charge in [-0.05, 0) is 70.6 Å². The molecule has 42 heavy (non-hydrogen) atoms. The van der Waals surface area contributed by atoms with Crippen LogP contribution in [0.3, 0.4) is 0 Å². The van der Waals surface area contributed by atoms with Gasteiger partial charge in [0.15, 0.2) is 0 Å². The topological polar surface area (TPSA) is 36.9 Å². The molecule has 5 rings (SSSR count). The molecule has 216 valence electrons. The molecule has 0 aromatic heterocycles. The van der Waals surface area contributed by atoms with Gasteiger partial charge in [-0.15, -0.1) is 0 Å². The predicted molar refractivity (Wildman–Crippen MR) is 172 cm³/mol. The zero-order valence-corrected chi connectivity index (χ0v) is 25.2. The first kappa shape index (κ1) is 30.4. The molecule has 4 aromatic rings. The number of rotatable bonds is 10. The Hall–Kier alpha value is -4.54. The Morgan fingerprint density at radius 1 is 0.833 bits per heavy atom. The van der Waals surface area contributed by atoms with E-state index in [4.69, 9.17) is 18.9 Å². The van der Waals surface area contributed by atoms with Crippen LogP contribution in [0.25, 0.3) is 11.1 Å². The molecule has 0 bridgehead atoms. The van der Waals surface area contributed by atoms with Gasteiger partial charge in [0, 0.05) is 5.56 Å². The largest absolute Gasteiger partial charge is 0.497 e. The number of fused-ring (bicyclic) bond motifs is 3. The summed E-state index contributed by atoms with van der Waals surface area (Å²) >= 11 is 0. The summed E-state index contributed by atoms with van der Waals surface area (Å²) in [6.07, 6.45) is 7.89. The fraction of sp³-hybridized carbons (Fsp3) is 0.211. The summed E-state index contributed by atoms with van der Waals surface area (Å²) < 4.78 is 24.1. The minimum atomic E-state index is -0.942. The van der Waals surface area contributed by atoms with Crippen LogP contribution in [0.1, 0.15) is 43.0 Å². The van der Waals surface area contributed by atoms with Crippen LogP contribution in [0.4, 0.5) is 0 Å². The van der Waals surface area contributed by atoms with E-state index in [-0.39, 0.29) is 0 Å². The van der Waals surface area contributed by atoms with E-state index in [1.807, 2.05) is 63.3 Å². The van der Waals surface area contributed by atoms with Crippen molar-refractivity contribution in [3.8, 4) is 28.4 Å². The summed E-state index contributed by atoms with van der Waals surface area (Å²) in [7, 11) is 3.34. The normalized spacial score (nSPS) is 12.4. The molecule has 0 saturated carbocycles. The van der Waals surface area contributed by atoms with Crippen LogP contribution < -0.4 is 14.2 Å². The number of allylic oxidation sites excluding steroid dienone is 3. The Kier molecular flexibility index (Phi) is 10.4. The molecule has 4 aromatic carbocycles. The third kappa shape index (κ3) is 6.19. The quantitative estimate of drug-likeness (QED) is 0.181. The Bertz CT molecular complexity index is 1480. The van der Waals surface area contributed by atoms with E-state index in [0.29, 0.717) is 13.2 Å². The van der Waals surface area contributed by atoms with E-state index < -0.39 is 5.60 Å². The number of hydrogen-bond acceptors (Lipinski definition) is 4. The molecule has 0 aliphatic carbocycles. The highest BCUT2D eigenvalue weighted by Gasteiger charge is 2.38. The molecule has 0 spiro atoms. The summed E-state index contributed by atoms with van der Waals surface area (Å²) in [5.41, 5.74) is 6.46. The monoisotopic (exact) mass is 560 g/mol. The number of hydrogen-bond donors (Lipinski definition) is 0. The third-order valence-corrected chi connectivity index (χ3v) is 7.24. The average Bonchev–Trinajstić information content (AvgIpc) is 3.06. The summed E-state index contributed by atoms with van der Waals surface area (Å²) in [6, 6.07) is 30.8. The minimum absolute atomic E-state index is 0.350. The van der Waals surface area contributed by atoms with E-state index >= 15 is 0 Å². The lowest BCUT2D eigenvalue weighted by Gasteiger charge is -2.37. The van der Waals surface area contributed by atoms with Crippen molar-refractivity contribution in [2.45, 2.75) is 39.6 Å². The summed E-state index contributed by atoms with van der Waals surface area (Å²) in [4.78, 5) is 0. The van der Waals surface area contributed by atoms with Crippen LogP contribution in [-0.2, 0) is 23.6 Å². The molecule has 4 heteroatoms. The van der Waals surface area contributed by atoms with E-state index in [9.17, 15) is 0 Å². The van der Waals surface area contributed by atoms with Crippen molar-refractivity contribution in [2.75, 3.05) is 14.2 Å². The lowest BCUT2D eigenvalue weighted by atomic mass is 9.79. The second kappa shape index (κ2) is 14.4. The molecule has 0 saturated heterocycles. The van der Waals surface area contributed by atoms with Gasteiger partial charge < -0.3 is 18.9 Å². The van der Waals surface area contributed by atoms with Crippen molar-refractivity contribution in [3.63, 3.8) is 0 Å². The van der Waals surface area contributed by atoms with E-state index in [1.54, 1.807) is 20.3 Å². The average molecular weight is 561 g/mol. The lowest BCUT2D eigenvalue weighted by Crippen LogP contribution is -2.33. The van der Waals surface area contributed by atoms with Gasteiger partial charge in [-0.3, -0.25) is 0 Å². The molecule has 0 amide bonds. The standard InChI is InChI=1S/C36H34O4.C2H6/c1-5-9-28(10-6-2)36(29-14-18-31(37-3)19-15-29,30-16-20-32(38-4)21-17-30)40-24-26-13-22-34-33-12-8-7-11-27(33)25-39-35(34)23-26;1-2/h5-23H,1,24-25H2,2-4H3;1-2H3/b10-6-,28-9+;. The Balaban J connectivity index is 0.00000198. The molecule has 0 radical (unpaired) electrons. The van der Waals surface area contributed by atoms with Gasteiger partial charge in [-0.2, -0.15) is 0 Å². The molecular weight excluding hydrogens is 520 g/mol. The fourth-order valence-corrected chi connectivity index (χ4v) is 5.25. The second-order valence-electron chi connectivity index (χ2n) is 9.56. The zero-order chi connectivity index (χ0) is 30.0. The number of ether oxygens (including phenoxy) is 4. The van der Waals surface area contributed by atoms with E-state index in [0.717, 1.165) is 45.1 Å². The Labute approximate surface area is 250 Å². The molecule has 1 aliphatic rings. The first-order valence-corrected chi connectivity index (χ1v) is 14.4. The van der Waals surface area contributed by atoms with Crippen molar-refractivity contribution in [1.29, 1.82) is 0 Å². The molecular formula is C38H40O4. The molecule has 0 fully saturated rings. The zero-order valence-electron chi connectivity index (χ0n) is 25.2. The van der Waals surface area contributed by atoms with E-state index in [2.05, 4.69) is 73.3 Å². The third-order valence-electron chi connectivity index (χ3n) is 7.24. The highest BCUT2D eigenvalue weighted by Crippen LogP contribution is 2.44. The molecule has 4 nitrogen and oxygen atoms in total. The second-order valence-corrected chi connectivity index (χ2v) is 9.56. The van der Waals surface area contributed by atoms with Gasteiger partial charge in [-0.1, -0.05) is 105 Å². The molecule has 1 aliphatic heterocycles. The van der Waals surface area contributed by atoms with Gasteiger partial charge >= 0.3 is 0 Å². The summed E-state index contributed by atoms with van der Waals surface area (Å²) in [6.45, 7) is 10.9. The van der Waals surface area contributed by atoms with Gasteiger partial charge in [0.05, 0.1) is 20.8 Å². The summed E-state index contributed by atoms with van der Waals surface area (Å²) in [5, 5.41) is 0. The summed E-state index contributed by atoms with van der Waals surface area (Å²) in [5.74, 6) is 2.43. The van der Waals surface area contributed by atoms with Crippen LogP contribution >= 0.6 is 0 Å². The van der Waals surface area contributed by atoms with Crippen molar-refractivity contribution < 1.29 is 18.9 Å². The molecule has 0 unspecified atom stereocenters. The van der Waals surface area contributed by atoms with Crippen LogP contribution in [0.2, 0.25) is 0 Å². The van der Waals surface area contributed by atoms with Gasteiger partial charge in [0.2, 0.25) is 0 Å².